The average molecular weight is 294 g/mol. The molecule has 1 aliphatic carbocycles. The standard InChI is InChI=1S/C13H18ClF2NS/c1-8-7-18-12(11(8)14)10(17-2)5-9-3-4-13(15,16)6-9/h7,9-10,17H,3-6H2,1-2H3. The van der Waals surface area contributed by atoms with Crippen LogP contribution in [0.2, 0.25) is 5.02 Å². The first-order valence-corrected chi connectivity index (χ1v) is 7.47. The quantitative estimate of drug-likeness (QED) is 0.841. The second kappa shape index (κ2) is 5.43. The van der Waals surface area contributed by atoms with E-state index in [9.17, 15) is 8.78 Å². The second-order valence-electron chi connectivity index (χ2n) is 5.14. The molecule has 0 spiro atoms. The van der Waals surface area contributed by atoms with Crippen LogP contribution in [-0.2, 0) is 0 Å². The molecule has 18 heavy (non-hydrogen) atoms. The van der Waals surface area contributed by atoms with Gasteiger partial charge in [-0.2, -0.15) is 0 Å². The summed E-state index contributed by atoms with van der Waals surface area (Å²) in [7, 11) is 1.86. The van der Waals surface area contributed by atoms with Crippen molar-refractivity contribution in [3.63, 3.8) is 0 Å². The van der Waals surface area contributed by atoms with E-state index >= 15 is 0 Å². The normalized spacial score (nSPS) is 24.4. The molecule has 5 heteroatoms. The van der Waals surface area contributed by atoms with Crippen LogP contribution >= 0.6 is 22.9 Å². The summed E-state index contributed by atoms with van der Waals surface area (Å²) in [4.78, 5) is 1.08. The molecule has 2 atom stereocenters. The molecule has 0 radical (unpaired) electrons. The number of hydrogen-bond acceptors (Lipinski definition) is 2. The van der Waals surface area contributed by atoms with Crippen molar-refractivity contribution in [3.05, 3.63) is 20.8 Å². The molecule has 0 bridgehead atoms. The summed E-state index contributed by atoms with van der Waals surface area (Å²) in [6, 6.07) is 0.0927. The fraction of sp³-hybridized carbons (Fsp3) is 0.692. The molecule has 0 aliphatic heterocycles. The van der Waals surface area contributed by atoms with Crippen LogP contribution in [0, 0.1) is 12.8 Å². The molecule has 102 valence electrons. The van der Waals surface area contributed by atoms with Gasteiger partial charge in [-0.1, -0.05) is 11.6 Å². The average Bonchev–Trinajstić information content (AvgIpc) is 2.81. The molecule has 1 N–H and O–H groups in total. The van der Waals surface area contributed by atoms with Crippen LogP contribution in [-0.4, -0.2) is 13.0 Å². The Labute approximate surface area is 116 Å². The third kappa shape index (κ3) is 3.03. The summed E-state index contributed by atoms with van der Waals surface area (Å²) in [6.07, 6.45) is 1.41. The van der Waals surface area contributed by atoms with Gasteiger partial charge in [-0.15, -0.1) is 11.3 Å². The summed E-state index contributed by atoms with van der Waals surface area (Å²) in [5.74, 6) is -2.37. The second-order valence-corrected chi connectivity index (χ2v) is 6.43. The van der Waals surface area contributed by atoms with Crippen molar-refractivity contribution in [2.24, 2.45) is 5.92 Å². The zero-order valence-corrected chi connectivity index (χ0v) is 12.2. The van der Waals surface area contributed by atoms with Crippen molar-refractivity contribution >= 4 is 22.9 Å². The van der Waals surface area contributed by atoms with Crippen molar-refractivity contribution in [1.29, 1.82) is 0 Å². The topological polar surface area (TPSA) is 12.0 Å². The van der Waals surface area contributed by atoms with E-state index in [1.54, 1.807) is 11.3 Å². The summed E-state index contributed by atoms with van der Waals surface area (Å²) >= 11 is 7.86. The minimum Gasteiger partial charge on any atom is -0.312 e. The highest BCUT2D eigenvalue weighted by Crippen LogP contribution is 2.44. The Morgan fingerprint density at radius 2 is 2.33 bits per heavy atom. The molecule has 1 aromatic heterocycles. The lowest BCUT2D eigenvalue weighted by molar-refractivity contribution is 0.00435. The predicted octanol–water partition coefficient (Wildman–Crippen LogP) is 4.80. The molecule has 0 saturated heterocycles. The van der Waals surface area contributed by atoms with Crippen LogP contribution < -0.4 is 5.32 Å². The number of hydrogen-bond donors (Lipinski definition) is 1. The Bertz CT molecular complexity index is 419. The number of halogens is 3. The van der Waals surface area contributed by atoms with Gasteiger partial charge in [0.1, 0.15) is 0 Å². The van der Waals surface area contributed by atoms with E-state index in [1.165, 1.54) is 0 Å². The van der Waals surface area contributed by atoms with E-state index < -0.39 is 5.92 Å². The summed E-state index contributed by atoms with van der Waals surface area (Å²) < 4.78 is 26.4. The van der Waals surface area contributed by atoms with Gasteiger partial charge in [-0.05, 0) is 43.7 Å². The SMILES string of the molecule is CNC(CC1CCC(F)(F)C1)c1scc(C)c1Cl. The van der Waals surface area contributed by atoms with Gasteiger partial charge in [-0.25, -0.2) is 8.78 Å². The number of alkyl halides is 2. The van der Waals surface area contributed by atoms with E-state index in [2.05, 4.69) is 5.32 Å². The van der Waals surface area contributed by atoms with Gasteiger partial charge >= 0.3 is 0 Å². The van der Waals surface area contributed by atoms with E-state index in [-0.39, 0.29) is 24.8 Å². The number of thiophene rings is 1. The fourth-order valence-corrected chi connectivity index (χ4v) is 4.07. The van der Waals surface area contributed by atoms with Crippen molar-refractivity contribution in [2.75, 3.05) is 7.05 Å². The van der Waals surface area contributed by atoms with E-state index in [0.29, 0.717) is 6.42 Å². The van der Waals surface area contributed by atoms with Crippen molar-refractivity contribution in [2.45, 2.75) is 44.6 Å². The number of nitrogens with one attached hydrogen (secondary N) is 1. The highest BCUT2D eigenvalue weighted by Gasteiger charge is 2.40. The zero-order chi connectivity index (χ0) is 13.3. The molecule has 1 aromatic rings. The van der Waals surface area contributed by atoms with Gasteiger partial charge in [-0.3, -0.25) is 0 Å². The highest BCUT2D eigenvalue weighted by atomic mass is 35.5. The molecular weight excluding hydrogens is 276 g/mol. The molecule has 1 saturated carbocycles. The monoisotopic (exact) mass is 293 g/mol. The van der Waals surface area contributed by atoms with Gasteiger partial charge in [0.15, 0.2) is 0 Å². The lowest BCUT2D eigenvalue weighted by Crippen LogP contribution is -2.19. The lowest BCUT2D eigenvalue weighted by Gasteiger charge is -2.19. The molecule has 2 unspecified atom stereocenters. The third-order valence-corrected chi connectivity index (χ3v) is 5.49. The number of aryl methyl sites for hydroxylation is 1. The number of rotatable bonds is 4. The summed E-state index contributed by atoms with van der Waals surface area (Å²) in [5, 5.41) is 6.01. The van der Waals surface area contributed by atoms with E-state index in [4.69, 9.17) is 11.6 Å². The maximum Gasteiger partial charge on any atom is 0.248 e. The molecule has 2 rings (SSSR count). The molecule has 1 heterocycles. The minimum atomic E-state index is -2.46. The van der Waals surface area contributed by atoms with Crippen LogP contribution in [0.15, 0.2) is 5.38 Å². The molecule has 1 aliphatic rings. The van der Waals surface area contributed by atoms with Crippen LogP contribution in [0.4, 0.5) is 8.78 Å². The predicted molar refractivity (Wildman–Crippen MR) is 72.8 cm³/mol. The first-order valence-electron chi connectivity index (χ1n) is 6.21. The summed E-state index contributed by atoms with van der Waals surface area (Å²) in [5.41, 5.74) is 1.06. The Hall–Kier alpha value is -0.190. The highest BCUT2D eigenvalue weighted by molar-refractivity contribution is 7.10. The fourth-order valence-electron chi connectivity index (χ4n) is 2.62. The third-order valence-electron chi connectivity index (χ3n) is 3.66. The van der Waals surface area contributed by atoms with Crippen molar-refractivity contribution in [1.82, 2.24) is 5.32 Å². The smallest absolute Gasteiger partial charge is 0.248 e. The van der Waals surface area contributed by atoms with Gasteiger partial charge < -0.3 is 5.32 Å². The minimum absolute atomic E-state index is 0.0210. The van der Waals surface area contributed by atoms with Crippen LogP contribution in [0.3, 0.4) is 0 Å². The molecular formula is C13H18ClF2NS. The van der Waals surface area contributed by atoms with E-state index in [1.807, 2.05) is 19.4 Å². The van der Waals surface area contributed by atoms with Gasteiger partial charge in [0, 0.05) is 23.8 Å². The van der Waals surface area contributed by atoms with E-state index in [0.717, 1.165) is 21.9 Å². The Morgan fingerprint density at radius 3 is 2.78 bits per heavy atom. The van der Waals surface area contributed by atoms with Gasteiger partial charge in [0.2, 0.25) is 5.92 Å². The van der Waals surface area contributed by atoms with Gasteiger partial charge in [0.25, 0.3) is 0 Å². The van der Waals surface area contributed by atoms with Crippen molar-refractivity contribution in [3.8, 4) is 0 Å². The summed E-state index contributed by atoms with van der Waals surface area (Å²) in [6.45, 7) is 1.97. The van der Waals surface area contributed by atoms with Gasteiger partial charge in [0.05, 0.1) is 5.02 Å². The first kappa shape index (κ1) is 14.2. The zero-order valence-electron chi connectivity index (χ0n) is 10.6. The van der Waals surface area contributed by atoms with Crippen molar-refractivity contribution < 1.29 is 8.78 Å². The first-order chi connectivity index (χ1) is 8.43. The maximum atomic E-state index is 13.2. The lowest BCUT2D eigenvalue weighted by atomic mass is 9.97. The van der Waals surface area contributed by atoms with Crippen LogP contribution in [0.5, 0.6) is 0 Å². The Kier molecular flexibility index (Phi) is 4.29. The Balaban J connectivity index is 2.04. The molecule has 0 amide bonds. The molecule has 0 aromatic carbocycles. The van der Waals surface area contributed by atoms with Crippen LogP contribution in [0.25, 0.3) is 0 Å². The largest absolute Gasteiger partial charge is 0.312 e. The molecule has 1 nitrogen and oxygen atoms in total. The van der Waals surface area contributed by atoms with Crippen LogP contribution in [0.1, 0.15) is 42.2 Å². The molecule has 1 fully saturated rings. The maximum absolute atomic E-state index is 13.2. The Morgan fingerprint density at radius 1 is 1.61 bits per heavy atom.